The van der Waals surface area contributed by atoms with Gasteiger partial charge in [-0.2, -0.15) is 0 Å². The summed E-state index contributed by atoms with van der Waals surface area (Å²) >= 11 is 0. The first-order valence-corrected chi connectivity index (χ1v) is 5.81. The lowest BCUT2D eigenvalue weighted by atomic mass is 10.00. The normalized spacial score (nSPS) is 25.5. The molecule has 0 aliphatic carbocycles. The summed E-state index contributed by atoms with van der Waals surface area (Å²) in [5, 5.41) is 2.96. The summed E-state index contributed by atoms with van der Waals surface area (Å²) < 4.78 is 5.29. The van der Waals surface area contributed by atoms with Crippen LogP contribution in [0.5, 0.6) is 0 Å². The van der Waals surface area contributed by atoms with Crippen LogP contribution in [-0.2, 0) is 9.53 Å². The zero-order valence-electron chi connectivity index (χ0n) is 9.98. The Balaban J connectivity index is 2.01. The third-order valence-corrected chi connectivity index (χ3v) is 3.08. The number of amides is 1. The Bertz CT molecular complexity index is 386. The van der Waals surface area contributed by atoms with Gasteiger partial charge in [0.2, 0.25) is 5.91 Å². The van der Waals surface area contributed by atoms with Crippen molar-refractivity contribution in [1.29, 1.82) is 0 Å². The Morgan fingerprint density at radius 1 is 1.47 bits per heavy atom. The first kappa shape index (κ1) is 12.1. The second-order valence-electron chi connectivity index (χ2n) is 4.74. The summed E-state index contributed by atoms with van der Waals surface area (Å²) in [6.45, 7) is 3.23. The number of nitrogens with one attached hydrogen (secondary N) is 1. The molecule has 3 N–H and O–H groups in total. The summed E-state index contributed by atoms with van der Waals surface area (Å²) in [7, 11) is 0. The van der Waals surface area contributed by atoms with E-state index in [1.54, 1.807) is 0 Å². The van der Waals surface area contributed by atoms with Gasteiger partial charge in [-0.3, -0.25) is 4.79 Å². The predicted octanol–water partition coefficient (Wildman–Crippen LogP) is 0.982. The first-order valence-electron chi connectivity index (χ1n) is 5.81. The van der Waals surface area contributed by atoms with E-state index in [4.69, 9.17) is 10.5 Å². The molecule has 1 aromatic carbocycles. The Kier molecular flexibility index (Phi) is 3.45. The highest BCUT2D eigenvalue weighted by molar-refractivity contribution is 5.83. The van der Waals surface area contributed by atoms with Crippen LogP contribution < -0.4 is 11.1 Å². The minimum atomic E-state index is -0.617. The molecular formula is C13H18N2O2. The van der Waals surface area contributed by atoms with Gasteiger partial charge in [0.15, 0.2) is 0 Å². The number of benzene rings is 1. The van der Waals surface area contributed by atoms with Gasteiger partial charge in [-0.05, 0) is 18.9 Å². The van der Waals surface area contributed by atoms with Crippen molar-refractivity contribution in [1.82, 2.24) is 5.32 Å². The van der Waals surface area contributed by atoms with Crippen molar-refractivity contribution in [3.8, 4) is 0 Å². The fourth-order valence-electron chi connectivity index (χ4n) is 1.95. The molecule has 2 rings (SSSR count). The van der Waals surface area contributed by atoms with Crippen molar-refractivity contribution >= 4 is 5.91 Å². The Hall–Kier alpha value is -1.39. The lowest BCUT2D eigenvalue weighted by molar-refractivity contribution is -0.124. The van der Waals surface area contributed by atoms with Gasteiger partial charge in [0, 0.05) is 6.61 Å². The fraction of sp³-hybridized carbons (Fsp3) is 0.462. The Morgan fingerprint density at radius 2 is 2.18 bits per heavy atom. The van der Waals surface area contributed by atoms with E-state index >= 15 is 0 Å². The summed E-state index contributed by atoms with van der Waals surface area (Å²) in [4.78, 5) is 12.0. The summed E-state index contributed by atoms with van der Waals surface area (Å²) in [5.41, 5.74) is 6.47. The van der Waals surface area contributed by atoms with E-state index in [0.29, 0.717) is 13.2 Å². The average Bonchev–Trinajstić information content (AvgIpc) is 2.76. The number of rotatable bonds is 3. The van der Waals surface area contributed by atoms with Crippen LogP contribution in [0.1, 0.15) is 24.9 Å². The molecule has 1 saturated heterocycles. The molecule has 92 valence electrons. The van der Waals surface area contributed by atoms with Gasteiger partial charge in [0.25, 0.3) is 0 Å². The molecule has 0 saturated carbocycles. The van der Waals surface area contributed by atoms with Crippen LogP contribution in [0.4, 0.5) is 0 Å². The smallest absolute Gasteiger partial charge is 0.242 e. The minimum absolute atomic E-state index is 0.149. The van der Waals surface area contributed by atoms with E-state index in [2.05, 4.69) is 5.32 Å². The van der Waals surface area contributed by atoms with E-state index < -0.39 is 6.04 Å². The topological polar surface area (TPSA) is 64.4 Å². The van der Waals surface area contributed by atoms with E-state index in [1.165, 1.54) is 0 Å². The fourth-order valence-corrected chi connectivity index (χ4v) is 1.95. The SMILES string of the molecule is CC1(NC(=O)[C@@H](N)c2ccccc2)CCOC1. The third-order valence-electron chi connectivity index (χ3n) is 3.08. The Morgan fingerprint density at radius 3 is 2.76 bits per heavy atom. The third kappa shape index (κ3) is 2.84. The van der Waals surface area contributed by atoms with Crippen LogP contribution in [0.2, 0.25) is 0 Å². The molecule has 17 heavy (non-hydrogen) atoms. The van der Waals surface area contributed by atoms with E-state index in [0.717, 1.165) is 12.0 Å². The van der Waals surface area contributed by atoms with Gasteiger partial charge in [0.05, 0.1) is 12.1 Å². The number of carbonyl (C=O) groups excluding carboxylic acids is 1. The van der Waals surface area contributed by atoms with Crippen molar-refractivity contribution in [2.75, 3.05) is 13.2 Å². The van der Waals surface area contributed by atoms with Crippen LogP contribution in [0.15, 0.2) is 30.3 Å². The number of hydrogen-bond acceptors (Lipinski definition) is 3. The van der Waals surface area contributed by atoms with E-state index in [1.807, 2.05) is 37.3 Å². The molecule has 0 aromatic heterocycles. The first-order chi connectivity index (χ1) is 8.11. The standard InChI is InChI=1S/C13H18N2O2/c1-13(7-8-17-9-13)15-12(16)11(14)10-5-3-2-4-6-10/h2-6,11H,7-9,14H2,1H3,(H,15,16)/t11-,13?/m0/s1. The molecule has 0 radical (unpaired) electrons. The van der Waals surface area contributed by atoms with Gasteiger partial charge in [-0.15, -0.1) is 0 Å². The molecule has 1 aromatic rings. The molecule has 4 heteroatoms. The maximum Gasteiger partial charge on any atom is 0.242 e. The van der Waals surface area contributed by atoms with Gasteiger partial charge in [-0.25, -0.2) is 0 Å². The number of carbonyl (C=O) groups is 1. The minimum Gasteiger partial charge on any atom is -0.379 e. The monoisotopic (exact) mass is 234 g/mol. The predicted molar refractivity (Wildman–Crippen MR) is 65.4 cm³/mol. The molecule has 4 nitrogen and oxygen atoms in total. The zero-order valence-corrected chi connectivity index (χ0v) is 9.98. The van der Waals surface area contributed by atoms with Crippen LogP contribution in [0.3, 0.4) is 0 Å². The van der Waals surface area contributed by atoms with Crippen molar-refractivity contribution < 1.29 is 9.53 Å². The average molecular weight is 234 g/mol. The number of ether oxygens (including phenoxy) is 1. The van der Waals surface area contributed by atoms with Crippen LogP contribution in [0.25, 0.3) is 0 Å². The van der Waals surface area contributed by atoms with Crippen LogP contribution in [0, 0.1) is 0 Å². The molecule has 1 aliphatic rings. The molecule has 0 spiro atoms. The summed E-state index contributed by atoms with van der Waals surface area (Å²) in [6, 6.07) is 8.76. The van der Waals surface area contributed by atoms with Crippen molar-refractivity contribution in [3.05, 3.63) is 35.9 Å². The van der Waals surface area contributed by atoms with Gasteiger partial charge >= 0.3 is 0 Å². The van der Waals surface area contributed by atoms with Crippen LogP contribution >= 0.6 is 0 Å². The van der Waals surface area contributed by atoms with Gasteiger partial charge in [-0.1, -0.05) is 30.3 Å². The highest BCUT2D eigenvalue weighted by Gasteiger charge is 2.32. The highest BCUT2D eigenvalue weighted by Crippen LogP contribution is 2.19. The van der Waals surface area contributed by atoms with E-state index in [9.17, 15) is 4.79 Å². The Labute approximate surface area is 101 Å². The number of nitrogens with two attached hydrogens (primary N) is 1. The second kappa shape index (κ2) is 4.85. The maximum atomic E-state index is 12.0. The molecule has 2 atom stereocenters. The van der Waals surface area contributed by atoms with E-state index in [-0.39, 0.29) is 11.4 Å². The summed E-state index contributed by atoms with van der Waals surface area (Å²) in [5.74, 6) is -0.149. The maximum absolute atomic E-state index is 12.0. The van der Waals surface area contributed by atoms with Crippen molar-refractivity contribution in [3.63, 3.8) is 0 Å². The molecular weight excluding hydrogens is 216 g/mol. The van der Waals surface area contributed by atoms with Gasteiger partial charge in [0.1, 0.15) is 6.04 Å². The lowest BCUT2D eigenvalue weighted by Gasteiger charge is -2.25. The molecule has 1 unspecified atom stereocenters. The van der Waals surface area contributed by atoms with Crippen LogP contribution in [-0.4, -0.2) is 24.7 Å². The molecule has 1 aliphatic heterocycles. The lowest BCUT2D eigenvalue weighted by Crippen LogP contribution is -2.49. The molecule has 0 bridgehead atoms. The largest absolute Gasteiger partial charge is 0.379 e. The number of hydrogen-bond donors (Lipinski definition) is 2. The van der Waals surface area contributed by atoms with Crippen molar-refractivity contribution in [2.24, 2.45) is 5.73 Å². The second-order valence-corrected chi connectivity index (χ2v) is 4.74. The zero-order chi connectivity index (χ0) is 12.3. The van der Waals surface area contributed by atoms with Crippen molar-refractivity contribution in [2.45, 2.75) is 24.9 Å². The molecule has 1 heterocycles. The summed E-state index contributed by atoms with van der Waals surface area (Å²) in [6.07, 6.45) is 0.834. The molecule has 1 fully saturated rings. The van der Waals surface area contributed by atoms with Gasteiger partial charge < -0.3 is 15.8 Å². The molecule has 1 amide bonds. The highest BCUT2D eigenvalue weighted by atomic mass is 16.5. The quantitative estimate of drug-likeness (QED) is 0.819.